The van der Waals surface area contributed by atoms with Gasteiger partial charge in [-0.1, -0.05) is 224 Å². The highest BCUT2D eigenvalue weighted by Gasteiger charge is 2.47. The van der Waals surface area contributed by atoms with Crippen molar-refractivity contribution < 1.29 is 0 Å². The van der Waals surface area contributed by atoms with E-state index in [1.807, 2.05) is 22.7 Å². The van der Waals surface area contributed by atoms with Crippen molar-refractivity contribution in [3.63, 3.8) is 0 Å². The van der Waals surface area contributed by atoms with Crippen molar-refractivity contribution in [3.8, 4) is 33.4 Å². The molecule has 0 spiro atoms. The molecular weight excluding hydrogens is 1200 g/mol. The van der Waals surface area contributed by atoms with Crippen molar-refractivity contribution >= 4 is 219 Å². The van der Waals surface area contributed by atoms with Crippen molar-refractivity contribution in [2.75, 3.05) is 9.80 Å². The summed E-state index contributed by atoms with van der Waals surface area (Å²) in [6.45, 7) is -0.195. The van der Waals surface area contributed by atoms with Gasteiger partial charge in [-0.05, 0) is 143 Å². The summed E-state index contributed by atoms with van der Waals surface area (Å²) in [5.74, 6) is 0. The minimum atomic E-state index is -0.120. The first-order valence-electron chi connectivity index (χ1n) is 33.4. The third-order valence-corrected chi connectivity index (χ3v) is 24.6. The SMILES string of the molecule is c1ccc2cc(N3c4cc5sc6ccccc6c5c5c4B(c4c3ccc3cc(-c6ccc7c(c6)sc6c8c9c(cc67)-c6cccc7c%10ccccc%10n(c67)B9c6ccc7ccccc7c6N8c6cccc7ccccc67)ccc43)n3c4ccccc4c4cccc-5c43)ccc2c1. The summed E-state index contributed by atoms with van der Waals surface area (Å²) in [5.41, 5.74) is 25.5. The van der Waals surface area contributed by atoms with E-state index in [4.69, 9.17) is 0 Å². The zero-order valence-corrected chi connectivity index (χ0v) is 53.1. The number of rotatable bonds is 3. The molecule has 8 heteroatoms. The lowest BCUT2D eigenvalue weighted by molar-refractivity contribution is 1.27. The highest BCUT2D eigenvalue weighted by molar-refractivity contribution is 7.27. The predicted molar refractivity (Wildman–Crippen MR) is 415 cm³/mol. The Labute approximate surface area is 558 Å². The molecule has 16 aromatic carbocycles. The second-order valence-corrected chi connectivity index (χ2v) is 29.0. The van der Waals surface area contributed by atoms with Gasteiger partial charge in [0.05, 0.1) is 21.8 Å². The largest absolute Gasteiger partial charge is 0.375 e. The van der Waals surface area contributed by atoms with Crippen LogP contribution in [0.2, 0.25) is 0 Å². The molecule has 4 nitrogen and oxygen atoms in total. The van der Waals surface area contributed by atoms with Crippen molar-refractivity contribution in [2.24, 2.45) is 0 Å². The average Bonchev–Trinajstić information content (AvgIpc) is 1.36. The van der Waals surface area contributed by atoms with Crippen LogP contribution in [0.3, 0.4) is 0 Å². The van der Waals surface area contributed by atoms with E-state index in [9.17, 15) is 0 Å². The summed E-state index contributed by atoms with van der Waals surface area (Å²) >= 11 is 3.88. The Morgan fingerprint density at radius 1 is 0.281 bits per heavy atom. The zero-order chi connectivity index (χ0) is 61.9. The summed E-state index contributed by atoms with van der Waals surface area (Å²) in [4.78, 5) is 5.30. The molecule has 24 rings (SSSR count). The first kappa shape index (κ1) is 50.8. The van der Waals surface area contributed by atoms with E-state index in [-0.39, 0.29) is 13.7 Å². The lowest BCUT2D eigenvalue weighted by Crippen LogP contribution is -2.57. The smallest absolute Gasteiger partial charge is 0.333 e. The van der Waals surface area contributed by atoms with E-state index in [0.717, 1.165) is 5.69 Å². The average molecular weight is 1250 g/mol. The van der Waals surface area contributed by atoms with Gasteiger partial charge in [-0.15, -0.1) is 22.7 Å². The Morgan fingerprint density at radius 2 is 0.906 bits per heavy atom. The number of aromatic nitrogens is 2. The molecule has 0 radical (unpaired) electrons. The van der Waals surface area contributed by atoms with E-state index in [1.165, 1.54) is 211 Å². The van der Waals surface area contributed by atoms with Gasteiger partial charge in [-0.3, -0.25) is 0 Å². The molecule has 8 heterocycles. The Morgan fingerprint density at radius 3 is 1.73 bits per heavy atom. The van der Waals surface area contributed by atoms with E-state index in [1.54, 1.807) is 0 Å². The molecule has 438 valence electrons. The third kappa shape index (κ3) is 6.33. The Bertz CT molecular complexity index is 7020. The van der Waals surface area contributed by atoms with Crippen LogP contribution in [0.4, 0.5) is 34.1 Å². The van der Waals surface area contributed by atoms with Gasteiger partial charge >= 0.3 is 13.7 Å². The van der Waals surface area contributed by atoms with Crippen molar-refractivity contribution in [2.45, 2.75) is 0 Å². The highest BCUT2D eigenvalue weighted by atomic mass is 32.1. The molecule has 0 fully saturated rings. The third-order valence-electron chi connectivity index (χ3n) is 22.3. The van der Waals surface area contributed by atoms with Crippen molar-refractivity contribution in [1.29, 1.82) is 0 Å². The number of thiophene rings is 2. The van der Waals surface area contributed by atoms with E-state index in [0.29, 0.717) is 0 Å². The Kier molecular flexibility index (Phi) is 9.62. The van der Waals surface area contributed by atoms with Gasteiger partial charge in [0.15, 0.2) is 0 Å². The van der Waals surface area contributed by atoms with Gasteiger partial charge in [0.25, 0.3) is 0 Å². The lowest BCUT2D eigenvalue weighted by Gasteiger charge is -2.41. The van der Waals surface area contributed by atoms with E-state index < -0.39 is 0 Å². The summed E-state index contributed by atoms with van der Waals surface area (Å²) in [6.07, 6.45) is 0. The van der Waals surface area contributed by atoms with Crippen LogP contribution in [0.1, 0.15) is 0 Å². The minimum Gasteiger partial charge on any atom is -0.375 e. The van der Waals surface area contributed by atoms with Gasteiger partial charge < -0.3 is 18.8 Å². The zero-order valence-electron chi connectivity index (χ0n) is 51.5. The topological polar surface area (TPSA) is 16.3 Å². The molecule has 0 aliphatic carbocycles. The quantitative estimate of drug-likeness (QED) is 0.164. The Hall–Kier alpha value is -11.7. The maximum Gasteiger partial charge on any atom is 0.333 e. The van der Waals surface area contributed by atoms with Crippen LogP contribution >= 0.6 is 22.7 Å². The standard InChI is InChI=1S/C88H48B2N4S2/c1-2-19-52-45-56(39-34-49(52)16-1)91-74-43-38-55-44-53(35-40-58(55)81(74)90-83-75(91)48-78-79(66-25-9-12-33-76(66)95-78)80(83)67-29-15-27-64-61-24-8-11-31-73(61)94(90)85(64)67)54-36-41-62-69-47-68-65-28-14-26-63-60-23-7-10-30-72(60)93(84(63)65)89-70-42-37-51-18-4-6-22-59(51)86(70)92(87(82(68)89)88(69)96-77(62)46-54)71-32-13-20-50-17-3-5-21-57(50)71/h1-48H. The Balaban J connectivity index is 0.757. The number of benzene rings is 16. The van der Waals surface area contributed by atoms with Gasteiger partial charge in [-0.2, -0.15) is 0 Å². The fourth-order valence-corrected chi connectivity index (χ4v) is 21.0. The van der Waals surface area contributed by atoms with Gasteiger partial charge in [0.1, 0.15) is 0 Å². The minimum absolute atomic E-state index is 0.0754. The fraction of sp³-hybridized carbons (Fsp3) is 0. The predicted octanol–water partition coefficient (Wildman–Crippen LogP) is 21.8. The number of hydrogen-bond donors (Lipinski definition) is 0. The molecule has 4 aromatic heterocycles. The van der Waals surface area contributed by atoms with Crippen LogP contribution in [0, 0.1) is 0 Å². The van der Waals surface area contributed by atoms with Crippen LogP contribution in [0.25, 0.3) is 160 Å². The second kappa shape index (κ2) is 18.2. The summed E-state index contributed by atoms with van der Waals surface area (Å²) in [6, 6.07) is 112. The maximum absolute atomic E-state index is 2.72. The second-order valence-electron chi connectivity index (χ2n) is 26.9. The molecule has 0 bridgehead atoms. The molecule has 0 amide bonds. The molecule has 0 saturated heterocycles. The summed E-state index contributed by atoms with van der Waals surface area (Å²) < 4.78 is 10.6. The van der Waals surface area contributed by atoms with Crippen LogP contribution < -0.4 is 31.7 Å². The molecule has 0 unspecified atom stereocenters. The fourth-order valence-electron chi connectivity index (χ4n) is 18.6. The highest BCUT2D eigenvalue weighted by Crippen LogP contribution is 2.55. The molecule has 4 aliphatic heterocycles. The number of anilines is 6. The summed E-state index contributed by atoms with van der Waals surface area (Å²) in [7, 11) is 0. The molecule has 20 aromatic rings. The summed E-state index contributed by atoms with van der Waals surface area (Å²) in [5, 5.41) is 20.3. The van der Waals surface area contributed by atoms with Crippen LogP contribution in [-0.4, -0.2) is 22.7 Å². The van der Waals surface area contributed by atoms with Gasteiger partial charge in [0.2, 0.25) is 0 Å². The van der Waals surface area contributed by atoms with Crippen LogP contribution in [-0.2, 0) is 0 Å². The first-order chi connectivity index (χ1) is 47.6. The molecule has 4 aliphatic rings. The number of nitrogens with zero attached hydrogens (tertiary/aromatic N) is 4. The van der Waals surface area contributed by atoms with Crippen LogP contribution in [0.15, 0.2) is 291 Å². The lowest BCUT2D eigenvalue weighted by atomic mass is 9.44. The molecule has 0 saturated carbocycles. The maximum atomic E-state index is 2.72. The molecular formula is C88H48B2N4S2. The molecule has 96 heavy (non-hydrogen) atoms. The number of hydrogen-bond acceptors (Lipinski definition) is 4. The van der Waals surface area contributed by atoms with E-state index >= 15 is 0 Å². The van der Waals surface area contributed by atoms with Gasteiger partial charge in [-0.25, -0.2) is 0 Å². The normalized spacial score (nSPS) is 13.5. The van der Waals surface area contributed by atoms with Gasteiger partial charge in [0, 0.05) is 118 Å². The molecule has 0 N–H and O–H groups in total. The van der Waals surface area contributed by atoms with Crippen LogP contribution in [0.5, 0.6) is 0 Å². The van der Waals surface area contributed by atoms with Crippen molar-refractivity contribution in [1.82, 2.24) is 8.96 Å². The number of fused-ring (bicyclic) bond motifs is 28. The van der Waals surface area contributed by atoms with Crippen molar-refractivity contribution in [3.05, 3.63) is 291 Å². The molecule has 0 atom stereocenters. The first-order valence-corrected chi connectivity index (χ1v) is 35.0. The number of para-hydroxylation sites is 4. The monoisotopic (exact) mass is 1250 g/mol. The van der Waals surface area contributed by atoms with E-state index in [2.05, 4.69) is 310 Å².